The number of nitrogens with one attached hydrogen (secondary N) is 4. The van der Waals surface area contributed by atoms with Crippen LogP contribution in [0, 0.1) is 5.41 Å². The monoisotopic (exact) mass is 459 g/mol. The summed E-state index contributed by atoms with van der Waals surface area (Å²) in [4.78, 5) is 11.4. The van der Waals surface area contributed by atoms with E-state index < -0.39 is 5.91 Å². The first-order valence-electron chi connectivity index (χ1n) is 10.7. The van der Waals surface area contributed by atoms with Crippen LogP contribution in [-0.4, -0.2) is 31.0 Å². The number of hydrogen-bond acceptors (Lipinski definition) is 6. The number of carbonyl (C=O) groups is 1. The molecule has 0 heterocycles. The van der Waals surface area contributed by atoms with E-state index in [-0.39, 0.29) is 0 Å². The summed E-state index contributed by atoms with van der Waals surface area (Å²) in [6.45, 7) is 1.32. The van der Waals surface area contributed by atoms with Crippen molar-refractivity contribution < 1.29 is 4.79 Å². The maximum Gasteiger partial charge on any atom is 0.248 e. The highest BCUT2D eigenvalue weighted by atomic mass is 32.2. The minimum atomic E-state index is -0.444. The van der Waals surface area contributed by atoms with E-state index in [1.165, 1.54) is 0 Å². The van der Waals surface area contributed by atoms with Gasteiger partial charge in [-0.2, -0.15) is 0 Å². The van der Waals surface area contributed by atoms with Crippen LogP contribution >= 0.6 is 11.9 Å². The molecule has 0 fully saturated rings. The quantitative estimate of drug-likeness (QED) is 0.157. The lowest BCUT2D eigenvalue weighted by Gasteiger charge is -2.14. The molecule has 0 atom stereocenters. The third kappa shape index (κ3) is 7.24. The number of primary amides is 1. The van der Waals surface area contributed by atoms with E-state index >= 15 is 0 Å². The summed E-state index contributed by atoms with van der Waals surface area (Å²) in [6, 6.07) is 23.5. The molecule has 6 nitrogen and oxygen atoms in total. The summed E-state index contributed by atoms with van der Waals surface area (Å²) in [5, 5.41) is 15.3. The van der Waals surface area contributed by atoms with E-state index in [0.717, 1.165) is 40.2 Å². The first kappa shape index (κ1) is 24.1. The molecule has 3 aromatic rings. The van der Waals surface area contributed by atoms with Crippen LogP contribution in [0.25, 0.3) is 11.1 Å². The number of hydrogen-bond donors (Lipinski definition) is 5. The van der Waals surface area contributed by atoms with Gasteiger partial charge in [0.15, 0.2) is 0 Å². The second-order valence-corrected chi connectivity index (χ2v) is 8.40. The molecule has 3 rings (SSSR count). The molecule has 3 aromatic carbocycles. The molecule has 6 N–H and O–H groups in total. The van der Waals surface area contributed by atoms with Crippen molar-refractivity contribution in [2.45, 2.75) is 6.54 Å². The lowest BCUT2D eigenvalue weighted by Crippen LogP contribution is -2.12. The van der Waals surface area contributed by atoms with Crippen molar-refractivity contribution in [1.29, 1.82) is 5.41 Å². The summed E-state index contributed by atoms with van der Waals surface area (Å²) >= 11 is 1.64. The van der Waals surface area contributed by atoms with Gasteiger partial charge in [0.2, 0.25) is 5.91 Å². The zero-order chi connectivity index (χ0) is 23.5. The SMILES string of the molecule is CNSCCNc1ccc(-c2ccccc2)cc1C(=N)/C=C\NCc1cccc(C(N)=O)c1. The van der Waals surface area contributed by atoms with E-state index in [9.17, 15) is 4.79 Å². The highest BCUT2D eigenvalue weighted by Gasteiger charge is 2.09. The summed E-state index contributed by atoms with van der Waals surface area (Å²) in [7, 11) is 1.91. The lowest BCUT2D eigenvalue weighted by atomic mass is 9.99. The number of anilines is 1. The summed E-state index contributed by atoms with van der Waals surface area (Å²) < 4.78 is 3.07. The smallest absolute Gasteiger partial charge is 0.248 e. The largest absolute Gasteiger partial charge is 0.387 e. The predicted octanol–water partition coefficient (Wildman–Crippen LogP) is 4.40. The predicted molar refractivity (Wildman–Crippen MR) is 140 cm³/mol. The fourth-order valence-corrected chi connectivity index (χ4v) is 3.72. The Morgan fingerprint density at radius 1 is 1.03 bits per heavy atom. The number of benzene rings is 3. The standard InChI is InChI=1S/C26H29N5OS/c1-29-33-15-14-31-25-11-10-21(20-7-3-2-4-8-20)17-23(25)24(27)12-13-30-18-19-6-5-9-22(16-19)26(28)32/h2-13,16-17,27,29-31H,14-15,18H2,1H3,(H2,28,32)/b13-12-,27-24?. The fraction of sp³-hybridized carbons (Fsp3) is 0.154. The number of rotatable bonds is 12. The van der Waals surface area contributed by atoms with E-state index in [0.29, 0.717) is 17.8 Å². The Labute approximate surface area is 199 Å². The number of allylic oxidation sites excluding steroid dienone is 1. The molecule has 0 unspecified atom stereocenters. The molecule has 1 amide bonds. The van der Waals surface area contributed by atoms with Crippen LogP contribution in [0.3, 0.4) is 0 Å². The van der Waals surface area contributed by atoms with E-state index in [1.807, 2.05) is 49.5 Å². The Hall–Kier alpha value is -3.55. The number of nitrogens with two attached hydrogens (primary N) is 1. The van der Waals surface area contributed by atoms with Crippen molar-refractivity contribution in [3.05, 3.63) is 102 Å². The Balaban J connectivity index is 1.73. The molecule has 0 spiro atoms. The highest BCUT2D eigenvalue weighted by Crippen LogP contribution is 2.26. The van der Waals surface area contributed by atoms with Gasteiger partial charge in [0.1, 0.15) is 0 Å². The molecule has 170 valence electrons. The lowest BCUT2D eigenvalue weighted by molar-refractivity contribution is 0.1000. The number of carbonyl (C=O) groups excluding carboxylic acids is 1. The molecule has 0 bridgehead atoms. The van der Waals surface area contributed by atoms with Gasteiger partial charge in [0.25, 0.3) is 0 Å². The van der Waals surface area contributed by atoms with Gasteiger partial charge in [-0.1, -0.05) is 60.5 Å². The van der Waals surface area contributed by atoms with Gasteiger partial charge in [-0.05, 0) is 60.3 Å². The van der Waals surface area contributed by atoms with E-state index in [4.69, 9.17) is 11.1 Å². The average Bonchev–Trinajstić information content (AvgIpc) is 2.85. The van der Waals surface area contributed by atoms with Gasteiger partial charge in [-0.3, -0.25) is 9.52 Å². The normalized spacial score (nSPS) is 10.8. The average molecular weight is 460 g/mol. The Morgan fingerprint density at radius 3 is 2.61 bits per heavy atom. The van der Waals surface area contributed by atoms with Crippen LogP contribution in [0.15, 0.2) is 85.1 Å². The van der Waals surface area contributed by atoms with Crippen molar-refractivity contribution in [3.63, 3.8) is 0 Å². The third-order valence-corrected chi connectivity index (χ3v) is 5.66. The summed E-state index contributed by atoms with van der Waals surface area (Å²) in [5.74, 6) is 0.464. The van der Waals surface area contributed by atoms with Crippen LogP contribution in [-0.2, 0) is 6.54 Å². The number of amides is 1. The first-order valence-corrected chi connectivity index (χ1v) is 11.7. The summed E-state index contributed by atoms with van der Waals surface area (Å²) in [5.41, 5.74) is 11.1. The van der Waals surface area contributed by atoms with Crippen LogP contribution in [0.2, 0.25) is 0 Å². The van der Waals surface area contributed by atoms with Crippen molar-refractivity contribution >= 4 is 29.3 Å². The molecule has 0 aliphatic carbocycles. The van der Waals surface area contributed by atoms with Gasteiger partial charge < -0.3 is 21.8 Å². The van der Waals surface area contributed by atoms with Crippen LogP contribution in [0.1, 0.15) is 21.5 Å². The molecule has 0 aliphatic rings. The zero-order valence-corrected chi connectivity index (χ0v) is 19.4. The molecular weight excluding hydrogens is 430 g/mol. The van der Waals surface area contributed by atoms with Crippen molar-refractivity contribution in [2.24, 2.45) is 5.73 Å². The maximum atomic E-state index is 11.4. The highest BCUT2D eigenvalue weighted by molar-refractivity contribution is 7.97. The van der Waals surface area contributed by atoms with Crippen LogP contribution in [0.5, 0.6) is 0 Å². The van der Waals surface area contributed by atoms with Gasteiger partial charge in [0, 0.05) is 35.7 Å². The third-order valence-electron chi connectivity index (χ3n) is 4.97. The molecule has 7 heteroatoms. The van der Waals surface area contributed by atoms with Crippen molar-refractivity contribution in [3.8, 4) is 11.1 Å². The topological polar surface area (TPSA) is 103 Å². The van der Waals surface area contributed by atoms with Crippen molar-refractivity contribution in [2.75, 3.05) is 24.7 Å². The molecule has 0 saturated carbocycles. The molecule has 0 aromatic heterocycles. The first-order chi connectivity index (χ1) is 16.1. The van der Waals surface area contributed by atoms with Gasteiger partial charge in [0.05, 0.1) is 5.71 Å². The molecule has 0 radical (unpaired) electrons. The van der Waals surface area contributed by atoms with E-state index in [2.05, 4.69) is 33.6 Å². The maximum absolute atomic E-state index is 11.4. The van der Waals surface area contributed by atoms with E-state index in [1.54, 1.807) is 36.4 Å². The van der Waals surface area contributed by atoms with Gasteiger partial charge in [-0.15, -0.1) is 0 Å². The van der Waals surface area contributed by atoms with Crippen LogP contribution in [0.4, 0.5) is 5.69 Å². The minimum Gasteiger partial charge on any atom is -0.387 e. The Kier molecular flexibility index (Phi) is 9.11. The Morgan fingerprint density at radius 2 is 1.85 bits per heavy atom. The van der Waals surface area contributed by atoms with Crippen molar-refractivity contribution in [1.82, 2.24) is 10.0 Å². The van der Waals surface area contributed by atoms with Gasteiger partial charge in [-0.25, -0.2) is 0 Å². The second-order valence-electron chi connectivity index (χ2n) is 7.30. The molecule has 0 aliphatic heterocycles. The van der Waals surface area contributed by atoms with Gasteiger partial charge >= 0.3 is 0 Å². The Bertz CT molecular complexity index is 1110. The second kappa shape index (κ2) is 12.5. The summed E-state index contributed by atoms with van der Waals surface area (Å²) in [6.07, 6.45) is 3.50. The zero-order valence-electron chi connectivity index (χ0n) is 18.6. The van der Waals surface area contributed by atoms with Crippen LogP contribution < -0.4 is 21.1 Å². The molecular formula is C26H29N5OS. The molecule has 0 saturated heterocycles. The molecule has 33 heavy (non-hydrogen) atoms. The minimum absolute atomic E-state index is 0.398. The fourth-order valence-electron chi connectivity index (χ4n) is 3.31.